The molecular weight excluding hydrogens is 294 g/mol. The van der Waals surface area contributed by atoms with Gasteiger partial charge in [-0.3, -0.25) is 14.6 Å². The van der Waals surface area contributed by atoms with Crippen LogP contribution in [0.25, 0.3) is 0 Å². The van der Waals surface area contributed by atoms with Crippen molar-refractivity contribution in [2.24, 2.45) is 0 Å². The zero-order chi connectivity index (χ0) is 15.2. The molecule has 1 fully saturated rings. The lowest BCUT2D eigenvalue weighted by Crippen LogP contribution is -2.41. The SMILES string of the molecule is CN(CCOc1ccc(Cl)cc1)CC(=O)N1CCNC1=O. The first kappa shape index (κ1) is 15.6. The lowest BCUT2D eigenvalue weighted by Gasteiger charge is -2.19. The van der Waals surface area contributed by atoms with Crippen LogP contribution in [0.2, 0.25) is 5.02 Å². The van der Waals surface area contributed by atoms with E-state index in [-0.39, 0.29) is 18.5 Å². The Bertz CT molecular complexity index is 507. The van der Waals surface area contributed by atoms with Crippen LogP contribution >= 0.6 is 11.6 Å². The van der Waals surface area contributed by atoms with Crippen LogP contribution in [0, 0.1) is 0 Å². The summed E-state index contributed by atoms with van der Waals surface area (Å²) < 4.78 is 5.56. The van der Waals surface area contributed by atoms with Gasteiger partial charge in [-0.2, -0.15) is 0 Å². The van der Waals surface area contributed by atoms with Crippen molar-refractivity contribution in [3.05, 3.63) is 29.3 Å². The van der Waals surface area contributed by atoms with Gasteiger partial charge in [0.05, 0.1) is 6.54 Å². The summed E-state index contributed by atoms with van der Waals surface area (Å²) in [7, 11) is 1.82. The third-order valence-electron chi connectivity index (χ3n) is 3.12. The molecule has 0 aliphatic carbocycles. The molecule has 1 heterocycles. The summed E-state index contributed by atoms with van der Waals surface area (Å²) >= 11 is 5.79. The van der Waals surface area contributed by atoms with Crippen molar-refractivity contribution in [2.45, 2.75) is 0 Å². The second kappa shape index (κ2) is 7.28. The molecule has 0 atom stereocenters. The van der Waals surface area contributed by atoms with Crippen molar-refractivity contribution < 1.29 is 14.3 Å². The minimum atomic E-state index is -0.314. The number of halogens is 1. The Hall–Kier alpha value is -1.79. The number of likely N-dealkylation sites (N-methyl/N-ethyl adjacent to an activating group) is 1. The summed E-state index contributed by atoms with van der Waals surface area (Å²) in [5, 5.41) is 3.27. The fourth-order valence-electron chi connectivity index (χ4n) is 1.96. The van der Waals surface area contributed by atoms with Crippen LogP contribution in [0.5, 0.6) is 5.75 Å². The third-order valence-corrected chi connectivity index (χ3v) is 3.37. The van der Waals surface area contributed by atoms with Crippen LogP contribution in [0.1, 0.15) is 0 Å². The molecule has 6 nitrogen and oxygen atoms in total. The molecule has 21 heavy (non-hydrogen) atoms. The highest BCUT2D eigenvalue weighted by Gasteiger charge is 2.26. The third kappa shape index (κ3) is 4.61. The van der Waals surface area contributed by atoms with E-state index in [0.717, 1.165) is 5.75 Å². The van der Waals surface area contributed by atoms with Gasteiger partial charge in [-0.15, -0.1) is 0 Å². The van der Waals surface area contributed by atoms with Gasteiger partial charge in [0.25, 0.3) is 0 Å². The minimum Gasteiger partial charge on any atom is -0.492 e. The quantitative estimate of drug-likeness (QED) is 0.857. The van der Waals surface area contributed by atoms with Crippen LogP contribution < -0.4 is 10.1 Å². The van der Waals surface area contributed by atoms with E-state index < -0.39 is 0 Å². The Morgan fingerprint density at radius 1 is 1.43 bits per heavy atom. The zero-order valence-electron chi connectivity index (χ0n) is 11.8. The summed E-state index contributed by atoms with van der Waals surface area (Å²) in [6.07, 6.45) is 0. The summed E-state index contributed by atoms with van der Waals surface area (Å²) in [6, 6.07) is 6.79. The Morgan fingerprint density at radius 2 is 2.14 bits per heavy atom. The zero-order valence-corrected chi connectivity index (χ0v) is 12.6. The van der Waals surface area contributed by atoms with Crippen LogP contribution in [-0.4, -0.2) is 61.6 Å². The lowest BCUT2D eigenvalue weighted by atomic mass is 10.3. The molecule has 1 N–H and O–H groups in total. The van der Waals surface area contributed by atoms with Gasteiger partial charge in [0.2, 0.25) is 5.91 Å². The summed E-state index contributed by atoms with van der Waals surface area (Å²) in [6.45, 7) is 2.19. The van der Waals surface area contributed by atoms with Crippen molar-refractivity contribution in [1.82, 2.24) is 15.1 Å². The Balaban J connectivity index is 1.69. The number of carbonyl (C=O) groups excluding carboxylic acids is 2. The van der Waals surface area contributed by atoms with Gasteiger partial charge in [0.15, 0.2) is 0 Å². The van der Waals surface area contributed by atoms with Crippen LogP contribution in [0.4, 0.5) is 4.79 Å². The van der Waals surface area contributed by atoms with Crippen molar-refractivity contribution in [1.29, 1.82) is 0 Å². The van der Waals surface area contributed by atoms with E-state index in [1.807, 2.05) is 11.9 Å². The molecule has 0 unspecified atom stereocenters. The number of carbonyl (C=O) groups is 2. The monoisotopic (exact) mass is 311 g/mol. The molecule has 1 aliphatic rings. The van der Waals surface area contributed by atoms with Gasteiger partial charge in [-0.1, -0.05) is 11.6 Å². The number of imide groups is 1. The highest BCUT2D eigenvalue weighted by Crippen LogP contribution is 2.15. The summed E-state index contributed by atoms with van der Waals surface area (Å²) in [4.78, 5) is 26.3. The summed E-state index contributed by atoms with van der Waals surface area (Å²) in [5.41, 5.74) is 0. The predicted octanol–water partition coefficient (Wildman–Crippen LogP) is 1.20. The van der Waals surface area contributed by atoms with Crippen molar-refractivity contribution in [3.8, 4) is 5.75 Å². The van der Waals surface area contributed by atoms with Gasteiger partial charge in [0, 0.05) is 24.7 Å². The first-order valence-electron chi connectivity index (χ1n) is 6.71. The second-order valence-electron chi connectivity index (χ2n) is 4.82. The maximum absolute atomic E-state index is 11.9. The number of benzene rings is 1. The average molecular weight is 312 g/mol. The average Bonchev–Trinajstić information content (AvgIpc) is 2.87. The molecule has 0 saturated carbocycles. The Labute approximate surface area is 128 Å². The van der Waals surface area contributed by atoms with Crippen molar-refractivity contribution >= 4 is 23.5 Å². The van der Waals surface area contributed by atoms with E-state index in [2.05, 4.69) is 5.32 Å². The first-order chi connectivity index (χ1) is 10.1. The van der Waals surface area contributed by atoms with E-state index in [9.17, 15) is 9.59 Å². The van der Waals surface area contributed by atoms with Crippen molar-refractivity contribution in [3.63, 3.8) is 0 Å². The Morgan fingerprint density at radius 3 is 2.76 bits per heavy atom. The summed E-state index contributed by atoms with van der Waals surface area (Å²) in [5.74, 6) is 0.539. The van der Waals surface area contributed by atoms with E-state index in [0.29, 0.717) is 31.3 Å². The molecular formula is C14H18ClN3O3. The minimum absolute atomic E-state index is 0.192. The number of urea groups is 1. The molecule has 3 amide bonds. The van der Waals surface area contributed by atoms with Gasteiger partial charge >= 0.3 is 6.03 Å². The number of nitrogens with one attached hydrogen (secondary N) is 1. The Kier molecular flexibility index (Phi) is 5.41. The molecule has 0 spiro atoms. The number of amides is 3. The largest absolute Gasteiger partial charge is 0.492 e. The highest BCUT2D eigenvalue weighted by molar-refractivity contribution is 6.30. The van der Waals surface area contributed by atoms with Crippen molar-refractivity contribution in [2.75, 3.05) is 39.8 Å². The normalized spacial score (nSPS) is 14.4. The smallest absolute Gasteiger partial charge is 0.324 e. The molecule has 1 aromatic rings. The molecule has 1 aromatic carbocycles. The molecule has 0 bridgehead atoms. The molecule has 2 rings (SSSR count). The molecule has 1 saturated heterocycles. The maximum atomic E-state index is 11.9. The van der Waals surface area contributed by atoms with E-state index in [4.69, 9.17) is 16.3 Å². The highest BCUT2D eigenvalue weighted by atomic mass is 35.5. The standard InChI is InChI=1S/C14H18ClN3O3/c1-17(10-13(19)18-7-6-16-14(18)20)8-9-21-12-4-2-11(15)3-5-12/h2-5H,6-10H2,1H3,(H,16,20). The maximum Gasteiger partial charge on any atom is 0.324 e. The number of hydrogen-bond donors (Lipinski definition) is 1. The van der Waals surface area contributed by atoms with Gasteiger partial charge in [-0.25, -0.2) is 4.79 Å². The van der Waals surface area contributed by atoms with E-state index in [1.165, 1.54) is 4.90 Å². The number of hydrogen-bond acceptors (Lipinski definition) is 4. The molecule has 0 radical (unpaired) electrons. The predicted molar refractivity (Wildman–Crippen MR) is 79.6 cm³/mol. The lowest BCUT2D eigenvalue weighted by molar-refractivity contribution is -0.128. The topological polar surface area (TPSA) is 61.9 Å². The van der Waals surface area contributed by atoms with Crippen LogP contribution in [0.3, 0.4) is 0 Å². The van der Waals surface area contributed by atoms with Gasteiger partial charge in [0.1, 0.15) is 12.4 Å². The van der Waals surface area contributed by atoms with E-state index in [1.54, 1.807) is 24.3 Å². The van der Waals surface area contributed by atoms with Gasteiger partial charge in [-0.05, 0) is 31.3 Å². The fraction of sp³-hybridized carbons (Fsp3) is 0.429. The van der Waals surface area contributed by atoms with Gasteiger partial charge < -0.3 is 10.1 Å². The first-order valence-corrected chi connectivity index (χ1v) is 7.09. The number of rotatable bonds is 6. The van der Waals surface area contributed by atoms with Crippen LogP contribution in [-0.2, 0) is 4.79 Å². The number of ether oxygens (including phenoxy) is 1. The molecule has 114 valence electrons. The fourth-order valence-corrected chi connectivity index (χ4v) is 2.08. The number of nitrogens with zero attached hydrogens (tertiary/aromatic N) is 2. The molecule has 1 aliphatic heterocycles. The second-order valence-corrected chi connectivity index (χ2v) is 5.25. The van der Waals surface area contributed by atoms with Crippen LogP contribution in [0.15, 0.2) is 24.3 Å². The van der Waals surface area contributed by atoms with E-state index >= 15 is 0 Å². The molecule has 0 aromatic heterocycles. The molecule has 7 heteroatoms.